The van der Waals surface area contributed by atoms with Gasteiger partial charge in [0.25, 0.3) is 5.91 Å². The van der Waals surface area contributed by atoms with E-state index >= 15 is 0 Å². The highest BCUT2D eigenvalue weighted by atomic mass is 19.1. The van der Waals surface area contributed by atoms with Crippen LogP contribution in [0.1, 0.15) is 48.2 Å². The first-order chi connectivity index (χ1) is 16.5. The number of aromatic nitrogens is 1. The smallest absolute Gasteiger partial charge is 0.253 e. The zero-order chi connectivity index (χ0) is 23.5. The Morgan fingerprint density at radius 3 is 2.35 bits per heavy atom. The highest BCUT2D eigenvalue weighted by Gasteiger charge is 2.51. The molecule has 0 atom stereocenters. The Morgan fingerprint density at radius 2 is 1.74 bits per heavy atom. The molecule has 8 heteroatoms. The Kier molecular flexibility index (Phi) is 6.30. The number of carbonyl (C=O) groups is 2. The van der Waals surface area contributed by atoms with Gasteiger partial charge in [0.05, 0.1) is 0 Å². The van der Waals surface area contributed by atoms with Crippen LogP contribution in [0.15, 0.2) is 53.7 Å². The molecule has 0 bridgehead atoms. The van der Waals surface area contributed by atoms with E-state index in [1.165, 1.54) is 37.1 Å². The van der Waals surface area contributed by atoms with E-state index in [1.807, 2.05) is 18.2 Å². The number of nitrogens with one attached hydrogen (secondary N) is 1. The summed E-state index contributed by atoms with van der Waals surface area (Å²) in [6, 6.07) is 11.3. The zero-order valence-corrected chi connectivity index (χ0v) is 19.3. The number of hydrogen-bond acceptors (Lipinski definition) is 4. The first kappa shape index (κ1) is 22.5. The van der Waals surface area contributed by atoms with E-state index in [1.54, 1.807) is 11.1 Å². The molecule has 3 fully saturated rings. The molecule has 0 spiro atoms. The van der Waals surface area contributed by atoms with Crippen molar-refractivity contribution in [2.24, 2.45) is 10.9 Å². The number of piperazine rings is 1. The fourth-order valence-corrected chi connectivity index (χ4v) is 4.35. The monoisotopic (exact) mass is 463 g/mol. The van der Waals surface area contributed by atoms with Crippen molar-refractivity contribution in [3.05, 3.63) is 65.7 Å². The van der Waals surface area contributed by atoms with Gasteiger partial charge in [-0.1, -0.05) is 18.9 Å². The lowest BCUT2D eigenvalue weighted by Crippen LogP contribution is -2.51. The molecule has 0 radical (unpaired) electrons. The molecule has 1 aliphatic heterocycles. The van der Waals surface area contributed by atoms with E-state index in [2.05, 4.69) is 15.2 Å². The predicted molar refractivity (Wildman–Crippen MR) is 127 cm³/mol. The Balaban J connectivity index is 1.29. The second-order valence-electron chi connectivity index (χ2n) is 9.46. The summed E-state index contributed by atoms with van der Waals surface area (Å²) in [6.07, 6.45) is 6.80. The van der Waals surface area contributed by atoms with Crippen molar-refractivity contribution in [2.45, 2.75) is 37.6 Å². The molecule has 2 saturated carbocycles. The van der Waals surface area contributed by atoms with Gasteiger partial charge in [-0.15, -0.1) is 0 Å². The molecule has 1 aromatic carbocycles. The SMILES string of the molecule is O=C(c1ccc(F)cc1)N1CCN(C(=NC2(C(=O)NCCC3CC3)CC2)c2ccccn2)CC1. The summed E-state index contributed by atoms with van der Waals surface area (Å²) >= 11 is 0. The molecule has 0 unspecified atom stereocenters. The van der Waals surface area contributed by atoms with Crippen LogP contribution in [0.5, 0.6) is 0 Å². The minimum absolute atomic E-state index is 0.00621. The predicted octanol–water partition coefficient (Wildman–Crippen LogP) is 2.87. The third-order valence-corrected chi connectivity index (χ3v) is 6.85. The number of nitrogens with zero attached hydrogens (tertiary/aromatic N) is 4. The summed E-state index contributed by atoms with van der Waals surface area (Å²) in [7, 11) is 0. The topological polar surface area (TPSA) is 77.9 Å². The molecule has 2 heterocycles. The van der Waals surface area contributed by atoms with E-state index in [-0.39, 0.29) is 17.6 Å². The van der Waals surface area contributed by atoms with Crippen molar-refractivity contribution < 1.29 is 14.0 Å². The normalized spacial score (nSPS) is 19.6. The van der Waals surface area contributed by atoms with Gasteiger partial charge in [-0.25, -0.2) is 9.38 Å². The summed E-state index contributed by atoms with van der Waals surface area (Å²) < 4.78 is 13.2. The molecular formula is C26H30FN5O2. The maximum atomic E-state index is 13.2. The van der Waals surface area contributed by atoms with Crippen LogP contribution >= 0.6 is 0 Å². The third kappa shape index (κ3) is 5.11. The molecule has 5 rings (SSSR count). The highest BCUT2D eigenvalue weighted by Crippen LogP contribution is 2.41. The zero-order valence-electron chi connectivity index (χ0n) is 19.3. The standard InChI is InChI=1S/C26H30FN5O2/c27-21-8-6-20(7-9-21)24(33)32-17-15-31(16-18-32)23(22-3-1-2-13-28-22)30-26(11-12-26)25(34)29-14-10-19-4-5-19/h1-3,6-9,13,19H,4-5,10-12,14-18H2,(H,29,34). The molecule has 34 heavy (non-hydrogen) atoms. The molecule has 7 nitrogen and oxygen atoms in total. The van der Waals surface area contributed by atoms with Gasteiger partial charge < -0.3 is 15.1 Å². The average Bonchev–Trinajstić information content (AvgIpc) is 3.80. The number of halogens is 1. The summed E-state index contributed by atoms with van der Waals surface area (Å²) in [5, 5.41) is 3.10. The van der Waals surface area contributed by atoms with Crippen molar-refractivity contribution in [1.29, 1.82) is 0 Å². The Bertz CT molecular complexity index is 1060. The maximum absolute atomic E-state index is 13.2. The van der Waals surface area contributed by atoms with Crippen LogP contribution < -0.4 is 5.32 Å². The fourth-order valence-electron chi connectivity index (χ4n) is 4.35. The van der Waals surface area contributed by atoms with Gasteiger partial charge in [0.15, 0.2) is 5.84 Å². The average molecular weight is 464 g/mol. The first-order valence-electron chi connectivity index (χ1n) is 12.1. The lowest BCUT2D eigenvalue weighted by Gasteiger charge is -2.36. The molecule has 1 saturated heterocycles. The van der Waals surface area contributed by atoms with E-state index < -0.39 is 5.54 Å². The molecule has 1 N–H and O–H groups in total. The van der Waals surface area contributed by atoms with Gasteiger partial charge >= 0.3 is 0 Å². The maximum Gasteiger partial charge on any atom is 0.253 e. The molecule has 3 aliphatic rings. The fraction of sp³-hybridized carbons (Fsp3) is 0.462. The van der Waals surface area contributed by atoms with E-state index in [0.717, 1.165) is 30.9 Å². The quantitative estimate of drug-likeness (QED) is 0.506. The van der Waals surface area contributed by atoms with Crippen LogP contribution in [0.2, 0.25) is 0 Å². The molecule has 2 aromatic rings. The van der Waals surface area contributed by atoms with Crippen molar-refractivity contribution in [3.63, 3.8) is 0 Å². The van der Waals surface area contributed by atoms with Gasteiger partial charge in [-0.2, -0.15) is 0 Å². The first-order valence-corrected chi connectivity index (χ1v) is 12.1. The number of benzene rings is 1. The Labute approximate surface area is 199 Å². The highest BCUT2D eigenvalue weighted by molar-refractivity contribution is 6.01. The minimum atomic E-state index is -0.711. The molecular weight excluding hydrogens is 433 g/mol. The van der Waals surface area contributed by atoms with Gasteiger partial charge in [0, 0.05) is 44.5 Å². The van der Waals surface area contributed by atoms with E-state index in [4.69, 9.17) is 4.99 Å². The van der Waals surface area contributed by atoms with Crippen LogP contribution in [-0.4, -0.2) is 70.7 Å². The van der Waals surface area contributed by atoms with Gasteiger partial charge in [-0.05, 0) is 61.6 Å². The van der Waals surface area contributed by atoms with E-state index in [9.17, 15) is 14.0 Å². The van der Waals surface area contributed by atoms with E-state index in [0.29, 0.717) is 44.1 Å². The Hall–Kier alpha value is -3.29. The van der Waals surface area contributed by atoms with Crippen LogP contribution in [-0.2, 0) is 4.79 Å². The molecule has 2 amide bonds. The lowest BCUT2D eigenvalue weighted by molar-refractivity contribution is -0.123. The van der Waals surface area contributed by atoms with Crippen LogP contribution in [0.4, 0.5) is 4.39 Å². The molecule has 1 aromatic heterocycles. The van der Waals surface area contributed by atoms with Crippen molar-refractivity contribution in [2.75, 3.05) is 32.7 Å². The van der Waals surface area contributed by atoms with Crippen LogP contribution in [0.25, 0.3) is 0 Å². The van der Waals surface area contributed by atoms with Gasteiger partial charge in [0.1, 0.15) is 17.1 Å². The summed E-state index contributed by atoms with van der Waals surface area (Å²) in [4.78, 5) is 39.2. The number of hydrogen-bond donors (Lipinski definition) is 1. The number of amides is 2. The van der Waals surface area contributed by atoms with Gasteiger partial charge in [-0.3, -0.25) is 14.6 Å². The van der Waals surface area contributed by atoms with Crippen LogP contribution in [0.3, 0.4) is 0 Å². The molecule has 2 aliphatic carbocycles. The number of carbonyl (C=O) groups excluding carboxylic acids is 2. The van der Waals surface area contributed by atoms with Crippen molar-refractivity contribution >= 4 is 17.6 Å². The van der Waals surface area contributed by atoms with Crippen LogP contribution in [0, 0.1) is 11.7 Å². The largest absolute Gasteiger partial charge is 0.354 e. The second kappa shape index (κ2) is 9.52. The summed E-state index contributed by atoms with van der Waals surface area (Å²) in [6.45, 7) is 2.92. The summed E-state index contributed by atoms with van der Waals surface area (Å²) in [5.74, 6) is 1.03. The summed E-state index contributed by atoms with van der Waals surface area (Å²) in [5.41, 5.74) is 0.503. The molecule has 178 valence electrons. The number of amidine groups is 1. The number of aliphatic imine (C=N–C) groups is 1. The van der Waals surface area contributed by atoms with Gasteiger partial charge in [0.2, 0.25) is 5.91 Å². The van der Waals surface area contributed by atoms with Crippen molar-refractivity contribution in [1.82, 2.24) is 20.1 Å². The second-order valence-corrected chi connectivity index (χ2v) is 9.46. The number of pyridine rings is 1. The van der Waals surface area contributed by atoms with Crippen molar-refractivity contribution in [3.8, 4) is 0 Å². The number of rotatable bonds is 7. The Morgan fingerprint density at radius 1 is 1.03 bits per heavy atom. The minimum Gasteiger partial charge on any atom is -0.354 e. The third-order valence-electron chi connectivity index (χ3n) is 6.85. The lowest BCUT2D eigenvalue weighted by atomic mass is 10.1.